The Morgan fingerprint density at radius 3 is 1.90 bits per heavy atom. The third-order valence-corrected chi connectivity index (χ3v) is 13.6. The van der Waals surface area contributed by atoms with Crippen molar-refractivity contribution in [3.05, 3.63) is 247 Å². The SMILES string of the molecule is C1=CC2c3ccccc3C3(c4ccccc4-c4c3ccc3c4Oc4cccc(N(c5ccc(-c6ccccc6-c6ccccc6)cc5)c5cccc6ccccc56)c4O3)C2C=C1. The molecular formula is C59H39NO2. The number of allylic oxidation sites excluding steroid dienone is 4. The van der Waals surface area contributed by atoms with E-state index in [9.17, 15) is 0 Å². The van der Waals surface area contributed by atoms with E-state index in [-0.39, 0.29) is 11.3 Å². The Kier molecular flexibility index (Phi) is 7.65. The van der Waals surface area contributed by atoms with Crippen LogP contribution in [0.2, 0.25) is 0 Å². The number of rotatable bonds is 5. The molecule has 0 amide bonds. The van der Waals surface area contributed by atoms with Crippen molar-refractivity contribution in [2.75, 3.05) is 4.90 Å². The Morgan fingerprint density at radius 2 is 1.05 bits per heavy atom. The van der Waals surface area contributed by atoms with E-state index in [0.717, 1.165) is 44.7 Å². The summed E-state index contributed by atoms with van der Waals surface area (Å²) in [7, 11) is 0. The number of hydrogen-bond donors (Lipinski definition) is 0. The first-order valence-electron chi connectivity index (χ1n) is 21.5. The lowest BCUT2D eigenvalue weighted by molar-refractivity contribution is 0.360. The summed E-state index contributed by atoms with van der Waals surface area (Å²) in [6, 6.07) is 71.9. The van der Waals surface area contributed by atoms with E-state index in [1.807, 2.05) is 6.07 Å². The van der Waals surface area contributed by atoms with Crippen LogP contribution in [0.4, 0.5) is 17.1 Å². The molecule has 1 heterocycles. The Morgan fingerprint density at radius 1 is 0.419 bits per heavy atom. The van der Waals surface area contributed by atoms with Crippen molar-refractivity contribution in [1.82, 2.24) is 0 Å². The smallest absolute Gasteiger partial charge is 0.194 e. The maximum absolute atomic E-state index is 7.20. The fourth-order valence-corrected chi connectivity index (χ4v) is 11.1. The van der Waals surface area contributed by atoms with Crippen LogP contribution in [0.1, 0.15) is 28.2 Å². The normalized spacial score (nSPS) is 18.2. The van der Waals surface area contributed by atoms with Gasteiger partial charge in [0, 0.05) is 28.5 Å². The third kappa shape index (κ3) is 4.94. The molecule has 0 radical (unpaired) electrons. The van der Waals surface area contributed by atoms with Crippen LogP contribution >= 0.6 is 0 Å². The van der Waals surface area contributed by atoms with Crippen molar-refractivity contribution >= 4 is 27.8 Å². The second-order valence-corrected chi connectivity index (χ2v) is 16.7. The van der Waals surface area contributed by atoms with Crippen molar-refractivity contribution in [2.24, 2.45) is 5.92 Å². The summed E-state index contributed by atoms with van der Waals surface area (Å²) in [5.74, 6) is 3.37. The molecular weight excluding hydrogens is 755 g/mol. The van der Waals surface area contributed by atoms with Gasteiger partial charge in [0.25, 0.3) is 0 Å². The summed E-state index contributed by atoms with van der Waals surface area (Å²) >= 11 is 0. The molecule has 3 nitrogen and oxygen atoms in total. The predicted octanol–water partition coefficient (Wildman–Crippen LogP) is 15.7. The Balaban J connectivity index is 0.961. The van der Waals surface area contributed by atoms with Gasteiger partial charge in [0.05, 0.1) is 16.8 Å². The van der Waals surface area contributed by atoms with E-state index in [1.165, 1.54) is 44.5 Å². The molecule has 3 atom stereocenters. The van der Waals surface area contributed by atoms with Crippen molar-refractivity contribution in [2.45, 2.75) is 11.3 Å². The summed E-state index contributed by atoms with van der Waals surface area (Å²) in [5.41, 5.74) is 15.0. The van der Waals surface area contributed by atoms with Crippen molar-refractivity contribution in [3.8, 4) is 56.4 Å². The van der Waals surface area contributed by atoms with Crippen LogP contribution in [0.3, 0.4) is 0 Å². The second-order valence-electron chi connectivity index (χ2n) is 16.7. The summed E-state index contributed by atoms with van der Waals surface area (Å²) in [6.07, 6.45) is 9.24. The maximum Gasteiger partial charge on any atom is 0.194 e. The minimum atomic E-state index is -0.353. The first kappa shape index (κ1) is 34.9. The first-order valence-corrected chi connectivity index (χ1v) is 21.5. The van der Waals surface area contributed by atoms with E-state index in [4.69, 9.17) is 9.47 Å². The van der Waals surface area contributed by atoms with Crippen molar-refractivity contribution in [1.29, 1.82) is 0 Å². The zero-order valence-electron chi connectivity index (χ0n) is 33.8. The monoisotopic (exact) mass is 793 g/mol. The van der Waals surface area contributed by atoms with Gasteiger partial charge in [-0.25, -0.2) is 0 Å². The average Bonchev–Trinajstić information content (AvgIpc) is 3.82. The summed E-state index contributed by atoms with van der Waals surface area (Å²) in [5, 5.41) is 2.31. The van der Waals surface area contributed by atoms with Crippen LogP contribution in [0.25, 0.3) is 44.2 Å². The molecule has 9 aromatic carbocycles. The lowest BCUT2D eigenvalue weighted by Gasteiger charge is -2.36. The number of ether oxygens (including phenoxy) is 2. The molecule has 0 bridgehead atoms. The molecule has 0 fully saturated rings. The number of benzene rings is 9. The molecule has 3 heteroatoms. The van der Waals surface area contributed by atoms with Crippen LogP contribution in [0.15, 0.2) is 224 Å². The number of anilines is 3. The van der Waals surface area contributed by atoms with Crippen LogP contribution < -0.4 is 14.4 Å². The highest BCUT2D eigenvalue weighted by Gasteiger charge is 2.58. The lowest BCUT2D eigenvalue weighted by atomic mass is 9.65. The Bertz CT molecular complexity index is 3320. The van der Waals surface area contributed by atoms with E-state index >= 15 is 0 Å². The summed E-state index contributed by atoms with van der Waals surface area (Å²) < 4.78 is 14.4. The fraction of sp³-hybridized carbons (Fsp3) is 0.0508. The van der Waals surface area contributed by atoms with E-state index in [0.29, 0.717) is 23.2 Å². The molecule has 4 aliphatic rings. The van der Waals surface area contributed by atoms with E-state index in [2.05, 4.69) is 223 Å². The number of fused-ring (bicyclic) bond motifs is 14. The highest BCUT2D eigenvalue weighted by atomic mass is 16.6. The third-order valence-electron chi connectivity index (χ3n) is 13.6. The molecule has 0 N–H and O–H groups in total. The van der Waals surface area contributed by atoms with Gasteiger partial charge in [0.1, 0.15) is 0 Å². The van der Waals surface area contributed by atoms with Gasteiger partial charge in [-0.1, -0.05) is 188 Å². The van der Waals surface area contributed by atoms with Crippen molar-refractivity contribution in [3.63, 3.8) is 0 Å². The van der Waals surface area contributed by atoms with Crippen LogP contribution in [-0.4, -0.2) is 0 Å². The molecule has 1 spiro atoms. The molecule has 292 valence electrons. The molecule has 3 unspecified atom stereocenters. The lowest BCUT2D eigenvalue weighted by Crippen LogP contribution is -2.32. The fourth-order valence-electron chi connectivity index (χ4n) is 11.1. The summed E-state index contributed by atoms with van der Waals surface area (Å²) in [4.78, 5) is 2.32. The van der Waals surface area contributed by atoms with Gasteiger partial charge >= 0.3 is 0 Å². The highest BCUT2D eigenvalue weighted by molar-refractivity contribution is 6.00. The van der Waals surface area contributed by atoms with Gasteiger partial charge in [-0.2, -0.15) is 0 Å². The molecule has 0 saturated heterocycles. The number of nitrogens with zero attached hydrogens (tertiary/aromatic N) is 1. The van der Waals surface area contributed by atoms with Gasteiger partial charge in [-0.15, -0.1) is 0 Å². The molecule has 3 aliphatic carbocycles. The topological polar surface area (TPSA) is 21.7 Å². The van der Waals surface area contributed by atoms with Crippen LogP contribution in [0.5, 0.6) is 23.0 Å². The average molecular weight is 794 g/mol. The zero-order chi connectivity index (χ0) is 40.8. The van der Waals surface area contributed by atoms with Gasteiger partial charge in [-0.05, 0) is 91.9 Å². The molecule has 62 heavy (non-hydrogen) atoms. The second kappa shape index (κ2) is 13.6. The van der Waals surface area contributed by atoms with E-state index < -0.39 is 0 Å². The largest absolute Gasteiger partial charge is 0.449 e. The maximum atomic E-state index is 7.20. The van der Waals surface area contributed by atoms with Crippen molar-refractivity contribution < 1.29 is 9.47 Å². The molecule has 9 aromatic rings. The molecule has 1 aliphatic heterocycles. The Hall–Kier alpha value is -7.88. The molecule has 0 saturated carbocycles. The highest BCUT2D eigenvalue weighted by Crippen LogP contribution is 2.68. The van der Waals surface area contributed by atoms with Gasteiger partial charge in [-0.3, -0.25) is 0 Å². The van der Waals surface area contributed by atoms with Gasteiger partial charge in [0.15, 0.2) is 23.0 Å². The van der Waals surface area contributed by atoms with E-state index in [1.54, 1.807) is 0 Å². The molecule has 13 rings (SSSR count). The quantitative estimate of drug-likeness (QED) is 0.173. The van der Waals surface area contributed by atoms with Crippen LogP contribution in [-0.2, 0) is 5.41 Å². The zero-order valence-corrected chi connectivity index (χ0v) is 33.8. The standard InChI is InChI=1S/C59H39NO2/c1-2-16-38(17-3-1)42-20-6-7-21-43(42)40-32-34-41(35-33-40)60(52-29-14-19-39-18-4-5-22-44(39)52)53-30-15-31-54-57(53)61-55-37-36-51-56(58(55)62-54)47-25-10-13-28-50(47)59(51)48-26-11-8-23-45(48)46-24-9-12-27-49(46)59/h1-37,45,48H. The summed E-state index contributed by atoms with van der Waals surface area (Å²) in [6.45, 7) is 0. The van der Waals surface area contributed by atoms with Gasteiger partial charge < -0.3 is 14.4 Å². The minimum absolute atomic E-state index is 0.237. The van der Waals surface area contributed by atoms with Crippen LogP contribution in [0, 0.1) is 5.92 Å². The number of hydrogen-bond acceptors (Lipinski definition) is 3. The Labute approximate surface area is 361 Å². The molecule has 0 aromatic heterocycles. The number of para-hydroxylation sites is 1. The first-order chi connectivity index (χ1) is 30.8. The predicted molar refractivity (Wildman–Crippen MR) is 252 cm³/mol. The van der Waals surface area contributed by atoms with Gasteiger partial charge in [0.2, 0.25) is 0 Å². The minimum Gasteiger partial charge on any atom is -0.449 e.